The van der Waals surface area contributed by atoms with E-state index >= 15 is 0 Å². The molecule has 1 fully saturated rings. The van der Waals surface area contributed by atoms with Gasteiger partial charge in [-0.3, -0.25) is 0 Å². The number of anilines is 3. The topological polar surface area (TPSA) is 107 Å². The molecule has 0 aliphatic heterocycles. The first-order chi connectivity index (χ1) is 18.7. The van der Waals surface area contributed by atoms with Crippen molar-refractivity contribution < 1.29 is 0 Å². The van der Waals surface area contributed by atoms with Crippen molar-refractivity contribution in [2.75, 3.05) is 11.1 Å². The minimum absolute atomic E-state index is 0.287. The number of nitrogens with one attached hydrogen (secondary N) is 2. The second kappa shape index (κ2) is 9.83. The van der Waals surface area contributed by atoms with E-state index in [2.05, 4.69) is 79.4 Å². The van der Waals surface area contributed by atoms with E-state index in [1.54, 1.807) is 4.68 Å². The molecule has 7 rings (SSSR count). The van der Waals surface area contributed by atoms with Crippen molar-refractivity contribution in [1.82, 2.24) is 30.3 Å². The zero-order valence-electron chi connectivity index (χ0n) is 21.7. The van der Waals surface area contributed by atoms with Gasteiger partial charge in [-0.1, -0.05) is 36.8 Å². The number of rotatable bonds is 5. The van der Waals surface area contributed by atoms with Crippen LogP contribution in [0.2, 0.25) is 0 Å². The Morgan fingerprint density at radius 2 is 1.58 bits per heavy atom. The molecule has 1 saturated carbocycles. The van der Waals surface area contributed by atoms with Gasteiger partial charge in [0.25, 0.3) is 0 Å². The number of nitrogens with two attached hydrogens (primary N) is 1. The van der Waals surface area contributed by atoms with Crippen LogP contribution >= 0.6 is 0 Å². The number of hydrogen-bond acceptors (Lipinski definition) is 7. The van der Waals surface area contributed by atoms with Crippen molar-refractivity contribution in [3.63, 3.8) is 0 Å². The summed E-state index contributed by atoms with van der Waals surface area (Å²) in [5.74, 6) is 1.34. The van der Waals surface area contributed by atoms with Crippen LogP contribution in [0.5, 0.6) is 0 Å². The highest BCUT2D eigenvalue weighted by atomic mass is 15.4. The fraction of sp³-hybridized carbons (Fsp3) is 0.400. The van der Waals surface area contributed by atoms with Crippen LogP contribution < -0.4 is 16.4 Å². The van der Waals surface area contributed by atoms with E-state index in [0.29, 0.717) is 17.8 Å². The number of nitrogens with zero attached hydrogens (tertiary/aromatic N) is 5. The molecule has 8 nitrogen and oxygen atoms in total. The highest BCUT2D eigenvalue weighted by Crippen LogP contribution is 2.32. The number of hydrogen-bond donors (Lipinski definition) is 3. The molecule has 0 spiro atoms. The predicted molar refractivity (Wildman–Crippen MR) is 150 cm³/mol. The lowest BCUT2D eigenvalue weighted by atomic mass is 9.91. The van der Waals surface area contributed by atoms with Crippen LogP contribution in [0.4, 0.5) is 17.6 Å². The van der Waals surface area contributed by atoms with Crippen LogP contribution in [0.3, 0.4) is 0 Å². The van der Waals surface area contributed by atoms with E-state index in [0.717, 1.165) is 49.5 Å². The maximum Gasteiger partial charge on any atom is 0.248 e. The van der Waals surface area contributed by atoms with Crippen LogP contribution in [-0.2, 0) is 25.7 Å². The molecule has 0 amide bonds. The van der Waals surface area contributed by atoms with E-state index in [9.17, 15) is 0 Å². The summed E-state index contributed by atoms with van der Waals surface area (Å²) in [6.45, 7) is 0. The summed E-state index contributed by atoms with van der Waals surface area (Å²) < 4.78 is 1.58. The molecular weight excluding hydrogens is 472 g/mol. The molecule has 0 saturated heterocycles. The molecule has 3 aliphatic rings. The molecule has 3 aliphatic carbocycles. The Bertz CT molecular complexity index is 1470. The van der Waals surface area contributed by atoms with Crippen molar-refractivity contribution in [3.05, 3.63) is 70.8 Å². The van der Waals surface area contributed by atoms with E-state index in [1.807, 2.05) is 0 Å². The molecule has 38 heavy (non-hydrogen) atoms. The maximum absolute atomic E-state index is 6.29. The Morgan fingerprint density at radius 1 is 0.763 bits per heavy atom. The van der Waals surface area contributed by atoms with Crippen molar-refractivity contribution in [1.29, 1.82) is 0 Å². The molecule has 0 radical (unpaired) electrons. The van der Waals surface area contributed by atoms with Gasteiger partial charge in [0.15, 0.2) is 5.82 Å². The van der Waals surface area contributed by atoms with E-state index in [1.165, 1.54) is 59.9 Å². The quantitative estimate of drug-likeness (QED) is 0.330. The summed E-state index contributed by atoms with van der Waals surface area (Å²) in [6, 6.07) is 18.5. The molecule has 2 aromatic carbocycles. The molecule has 1 atom stereocenters. The van der Waals surface area contributed by atoms with Gasteiger partial charge >= 0.3 is 0 Å². The number of benzene rings is 2. The lowest BCUT2D eigenvalue weighted by molar-refractivity contribution is 0.291. The number of fused-ring (bicyclic) bond motifs is 4. The minimum Gasteiger partial charge on any atom is -0.368 e. The highest BCUT2D eigenvalue weighted by Gasteiger charge is 2.23. The van der Waals surface area contributed by atoms with Crippen LogP contribution in [0, 0.1) is 0 Å². The molecule has 0 unspecified atom stereocenters. The summed E-state index contributed by atoms with van der Waals surface area (Å²) in [5, 5.41) is 21.0. The van der Waals surface area contributed by atoms with E-state index in [-0.39, 0.29) is 5.95 Å². The van der Waals surface area contributed by atoms with Gasteiger partial charge in [0.1, 0.15) is 0 Å². The van der Waals surface area contributed by atoms with Crippen LogP contribution in [0.25, 0.3) is 17.1 Å². The van der Waals surface area contributed by atoms with E-state index in [4.69, 9.17) is 5.73 Å². The van der Waals surface area contributed by atoms with Crippen LogP contribution in [0.15, 0.2) is 48.5 Å². The minimum atomic E-state index is 0.287. The molecule has 0 bridgehead atoms. The maximum atomic E-state index is 6.29. The normalized spacial score (nSPS) is 18.9. The van der Waals surface area contributed by atoms with Gasteiger partial charge in [-0.25, -0.2) is 0 Å². The fourth-order valence-corrected chi connectivity index (χ4v) is 6.11. The first-order valence-electron chi connectivity index (χ1n) is 14.0. The Hall–Kier alpha value is -3.78. The molecule has 2 heterocycles. The summed E-state index contributed by atoms with van der Waals surface area (Å²) in [5.41, 5.74) is 14.7. The third-order valence-electron chi connectivity index (χ3n) is 8.44. The van der Waals surface area contributed by atoms with Gasteiger partial charge in [0.2, 0.25) is 11.9 Å². The summed E-state index contributed by atoms with van der Waals surface area (Å²) in [4.78, 5) is 4.48. The molecule has 194 valence electrons. The Balaban J connectivity index is 1.09. The second-order valence-corrected chi connectivity index (χ2v) is 11.0. The number of nitrogen functional groups attached to an aromatic ring is 1. The SMILES string of the molecule is Nc1nc(Nc2ccc3c(c2)CC[C@H](NC2CCC2)CC3)nn1-c1cc2c(nn1)-c1ccccc1CCC2. The van der Waals surface area contributed by atoms with Crippen molar-refractivity contribution in [2.24, 2.45) is 0 Å². The average Bonchev–Trinajstić information content (AvgIpc) is 3.06. The number of aryl methyl sites for hydroxylation is 4. The first-order valence-corrected chi connectivity index (χ1v) is 14.0. The average molecular weight is 507 g/mol. The van der Waals surface area contributed by atoms with Gasteiger partial charge in [0.05, 0.1) is 5.69 Å². The van der Waals surface area contributed by atoms with E-state index < -0.39 is 0 Å². The fourth-order valence-electron chi connectivity index (χ4n) is 6.11. The third kappa shape index (κ3) is 4.53. The first kappa shape index (κ1) is 23.3. The van der Waals surface area contributed by atoms with Gasteiger partial charge in [0, 0.05) is 23.3 Å². The Kier molecular flexibility index (Phi) is 6.04. The molecule has 4 aromatic rings. The lowest BCUT2D eigenvalue weighted by Gasteiger charge is -2.31. The molecule has 4 N–H and O–H groups in total. The molecular formula is C30H34N8. The van der Waals surface area contributed by atoms with Gasteiger partial charge < -0.3 is 16.4 Å². The highest BCUT2D eigenvalue weighted by molar-refractivity contribution is 5.68. The Labute approximate surface area is 223 Å². The van der Waals surface area contributed by atoms with Gasteiger partial charge in [-0.05, 0) is 98.2 Å². The van der Waals surface area contributed by atoms with Crippen LogP contribution in [-0.4, -0.2) is 37.0 Å². The monoisotopic (exact) mass is 506 g/mol. The van der Waals surface area contributed by atoms with Crippen LogP contribution in [0.1, 0.15) is 60.8 Å². The molecule has 8 heteroatoms. The zero-order valence-corrected chi connectivity index (χ0v) is 21.7. The summed E-state index contributed by atoms with van der Waals surface area (Å²) in [7, 11) is 0. The lowest BCUT2D eigenvalue weighted by Crippen LogP contribution is -2.42. The summed E-state index contributed by atoms with van der Waals surface area (Å²) >= 11 is 0. The zero-order chi connectivity index (χ0) is 25.5. The van der Waals surface area contributed by atoms with Crippen molar-refractivity contribution >= 4 is 17.6 Å². The number of aromatic nitrogens is 5. The second-order valence-electron chi connectivity index (χ2n) is 11.0. The molecule has 2 aromatic heterocycles. The third-order valence-corrected chi connectivity index (χ3v) is 8.44. The standard InChI is InChI=1S/C30H34N8/c31-29-34-30(33-25-16-12-19-11-14-24(15-13-21(19)17-25)32-23-8-4-9-23)37-38(29)27-18-22-7-3-6-20-5-1-2-10-26(20)28(22)36-35-27/h1-2,5,10,12,16-18,23-24,32H,3-4,6-9,11,13-15H2,(H3,31,33,34,37)/t24-/m1/s1. The van der Waals surface area contributed by atoms with Crippen molar-refractivity contribution in [3.8, 4) is 17.1 Å². The largest absolute Gasteiger partial charge is 0.368 e. The van der Waals surface area contributed by atoms with Crippen molar-refractivity contribution in [2.45, 2.75) is 76.3 Å². The summed E-state index contributed by atoms with van der Waals surface area (Å²) in [6.07, 6.45) is 11.7. The van der Waals surface area contributed by atoms with Gasteiger partial charge in [-0.2, -0.15) is 9.67 Å². The predicted octanol–water partition coefficient (Wildman–Crippen LogP) is 4.93. The van der Waals surface area contributed by atoms with Gasteiger partial charge in [-0.15, -0.1) is 15.3 Å². The Morgan fingerprint density at radius 3 is 2.45 bits per heavy atom. The smallest absolute Gasteiger partial charge is 0.248 e.